The lowest BCUT2D eigenvalue weighted by Crippen LogP contribution is -2.20. The zero-order valence-electron chi connectivity index (χ0n) is 30.5. The molecule has 5 aromatic carbocycles. The molecule has 246 valence electrons. The highest BCUT2D eigenvalue weighted by Gasteiger charge is 2.36. The number of rotatable bonds is 5. The molecule has 0 spiro atoms. The van der Waals surface area contributed by atoms with Crippen molar-refractivity contribution in [2.75, 3.05) is 4.90 Å². The minimum Gasteiger partial charge on any atom is -0.310 e. The number of hydrogen-bond acceptors (Lipinski definition) is 1. The van der Waals surface area contributed by atoms with Crippen LogP contribution in [0.3, 0.4) is 0 Å². The third kappa shape index (κ3) is 5.91. The van der Waals surface area contributed by atoms with Crippen LogP contribution in [-0.2, 0) is 16.2 Å². The van der Waals surface area contributed by atoms with E-state index in [1.807, 2.05) is 0 Å². The first kappa shape index (κ1) is 32.4. The molecular formula is C47H53N. The minimum absolute atomic E-state index is 0.0623. The normalized spacial score (nSPS) is 16.0. The maximum Gasteiger partial charge on any atom is 0.0499 e. The molecule has 48 heavy (non-hydrogen) atoms. The van der Waals surface area contributed by atoms with Gasteiger partial charge in [0, 0.05) is 22.5 Å². The first-order valence-electron chi connectivity index (χ1n) is 18.2. The Bertz CT molecular complexity index is 1940. The molecule has 5 aromatic rings. The van der Waals surface area contributed by atoms with Gasteiger partial charge in [-0.1, -0.05) is 147 Å². The van der Waals surface area contributed by atoms with Crippen molar-refractivity contribution in [1.82, 2.24) is 0 Å². The average molecular weight is 632 g/mol. The lowest BCUT2D eigenvalue weighted by atomic mass is 9.81. The topological polar surface area (TPSA) is 3.24 Å². The molecule has 0 aromatic heterocycles. The highest BCUT2D eigenvalue weighted by atomic mass is 15.1. The van der Waals surface area contributed by atoms with Gasteiger partial charge in [0.1, 0.15) is 0 Å². The van der Waals surface area contributed by atoms with E-state index in [0.717, 1.165) is 0 Å². The fraction of sp³-hybridized carbons (Fsp3) is 0.362. The van der Waals surface area contributed by atoms with Gasteiger partial charge in [-0.2, -0.15) is 0 Å². The highest BCUT2D eigenvalue weighted by molar-refractivity contribution is 5.87. The summed E-state index contributed by atoms with van der Waals surface area (Å²) in [6, 6.07) is 42.0. The monoisotopic (exact) mass is 631 g/mol. The molecule has 0 aliphatic heterocycles. The number of benzene rings is 5. The summed E-state index contributed by atoms with van der Waals surface area (Å²) in [6.45, 7) is 18.7. The lowest BCUT2D eigenvalue weighted by molar-refractivity contribution is 0.443. The zero-order chi connectivity index (χ0) is 33.8. The summed E-state index contributed by atoms with van der Waals surface area (Å²) in [5.41, 5.74) is 15.9. The first-order valence-corrected chi connectivity index (χ1v) is 18.2. The molecular weight excluding hydrogens is 579 g/mol. The molecule has 0 radical (unpaired) electrons. The number of hydrogen-bond donors (Lipinski definition) is 0. The Balaban J connectivity index is 1.39. The van der Waals surface area contributed by atoms with Crippen LogP contribution in [0.1, 0.15) is 121 Å². The van der Waals surface area contributed by atoms with E-state index >= 15 is 0 Å². The zero-order valence-corrected chi connectivity index (χ0v) is 30.5. The van der Waals surface area contributed by atoms with Crippen molar-refractivity contribution in [3.8, 4) is 22.3 Å². The standard InChI is InChI=1S/C47H53N/c1-45(2,3)36-18-14-17-34(29-36)35-23-28-44(43(30-35)46(4,5)6)48(37-24-21-33(22-25-37)32-15-10-9-11-16-32)38-26-27-40-39-19-12-13-20-41(39)47(7,8)42(40)31-38/h12-14,17-32H,9-11,15-16H2,1-8H3. The van der Waals surface area contributed by atoms with Gasteiger partial charge in [0.2, 0.25) is 0 Å². The Labute approximate surface area is 290 Å². The van der Waals surface area contributed by atoms with Gasteiger partial charge in [0.05, 0.1) is 0 Å². The highest BCUT2D eigenvalue weighted by Crippen LogP contribution is 2.51. The molecule has 0 heterocycles. The van der Waals surface area contributed by atoms with E-state index in [2.05, 4.69) is 169 Å². The van der Waals surface area contributed by atoms with Crippen LogP contribution < -0.4 is 4.90 Å². The SMILES string of the molecule is CC(C)(C)c1cccc(-c2ccc(N(c3ccc(C4CCCCC4)cc3)c3ccc4c(c3)C(C)(C)c3ccccc3-4)c(C(C)(C)C)c2)c1. The van der Waals surface area contributed by atoms with E-state index in [1.165, 1.54) is 99.2 Å². The fourth-order valence-electron chi connectivity index (χ4n) is 8.27. The van der Waals surface area contributed by atoms with Crippen LogP contribution in [0.2, 0.25) is 0 Å². The average Bonchev–Trinajstić information content (AvgIpc) is 3.31. The van der Waals surface area contributed by atoms with Crippen molar-refractivity contribution in [2.45, 2.75) is 110 Å². The summed E-state index contributed by atoms with van der Waals surface area (Å²) >= 11 is 0. The summed E-state index contributed by atoms with van der Waals surface area (Å²) in [7, 11) is 0. The van der Waals surface area contributed by atoms with E-state index < -0.39 is 0 Å². The number of nitrogens with zero attached hydrogens (tertiary/aromatic N) is 1. The fourth-order valence-corrected chi connectivity index (χ4v) is 8.27. The van der Waals surface area contributed by atoms with E-state index in [0.29, 0.717) is 5.92 Å². The number of fused-ring (bicyclic) bond motifs is 3. The predicted octanol–water partition coefficient (Wildman–Crippen LogP) is 13.8. The van der Waals surface area contributed by atoms with Gasteiger partial charge >= 0.3 is 0 Å². The van der Waals surface area contributed by atoms with Crippen LogP contribution >= 0.6 is 0 Å². The molecule has 7 rings (SSSR count). The third-order valence-corrected chi connectivity index (χ3v) is 11.2. The lowest BCUT2D eigenvalue weighted by Gasteiger charge is -2.33. The Hall–Kier alpha value is -4.10. The molecule has 0 N–H and O–H groups in total. The predicted molar refractivity (Wildman–Crippen MR) is 207 cm³/mol. The van der Waals surface area contributed by atoms with Crippen molar-refractivity contribution in [3.05, 3.63) is 137 Å². The van der Waals surface area contributed by atoms with E-state index in [4.69, 9.17) is 0 Å². The summed E-state index contributed by atoms with van der Waals surface area (Å²) in [6.07, 6.45) is 6.72. The summed E-state index contributed by atoms with van der Waals surface area (Å²) in [4.78, 5) is 2.53. The van der Waals surface area contributed by atoms with Crippen molar-refractivity contribution in [1.29, 1.82) is 0 Å². The summed E-state index contributed by atoms with van der Waals surface area (Å²) in [5, 5.41) is 0. The van der Waals surface area contributed by atoms with Gasteiger partial charge in [-0.25, -0.2) is 0 Å². The molecule has 1 fully saturated rings. The maximum atomic E-state index is 2.53. The van der Waals surface area contributed by atoms with E-state index in [9.17, 15) is 0 Å². The smallest absolute Gasteiger partial charge is 0.0499 e. The second kappa shape index (κ2) is 12.1. The van der Waals surface area contributed by atoms with Gasteiger partial charge in [0.15, 0.2) is 0 Å². The Morgan fingerprint density at radius 1 is 0.562 bits per heavy atom. The molecule has 1 heteroatoms. The Kier molecular flexibility index (Phi) is 8.18. The van der Waals surface area contributed by atoms with Crippen molar-refractivity contribution in [3.63, 3.8) is 0 Å². The quantitative estimate of drug-likeness (QED) is 0.187. The molecule has 0 bridgehead atoms. The second-order valence-corrected chi connectivity index (χ2v) is 17.0. The van der Waals surface area contributed by atoms with Crippen LogP contribution in [0.15, 0.2) is 109 Å². The van der Waals surface area contributed by atoms with Crippen molar-refractivity contribution in [2.24, 2.45) is 0 Å². The van der Waals surface area contributed by atoms with Crippen LogP contribution in [0.5, 0.6) is 0 Å². The summed E-state index contributed by atoms with van der Waals surface area (Å²) < 4.78 is 0. The molecule has 2 aliphatic carbocycles. The van der Waals surface area contributed by atoms with Crippen LogP contribution in [0, 0.1) is 0 Å². The third-order valence-electron chi connectivity index (χ3n) is 11.2. The largest absolute Gasteiger partial charge is 0.310 e. The van der Waals surface area contributed by atoms with Crippen LogP contribution in [0.25, 0.3) is 22.3 Å². The molecule has 0 amide bonds. The van der Waals surface area contributed by atoms with E-state index in [1.54, 1.807) is 0 Å². The molecule has 0 atom stereocenters. The van der Waals surface area contributed by atoms with Gasteiger partial charge in [-0.05, 0) is 116 Å². The van der Waals surface area contributed by atoms with Gasteiger partial charge in [0.25, 0.3) is 0 Å². The molecule has 1 saturated carbocycles. The Morgan fingerprint density at radius 3 is 1.94 bits per heavy atom. The number of anilines is 3. The summed E-state index contributed by atoms with van der Waals surface area (Å²) in [5.74, 6) is 0.689. The van der Waals surface area contributed by atoms with Gasteiger partial charge in [-0.3, -0.25) is 0 Å². The molecule has 2 aliphatic rings. The molecule has 0 unspecified atom stereocenters. The van der Waals surface area contributed by atoms with Gasteiger partial charge in [-0.15, -0.1) is 0 Å². The minimum atomic E-state index is -0.0699. The molecule has 0 saturated heterocycles. The van der Waals surface area contributed by atoms with Gasteiger partial charge < -0.3 is 4.90 Å². The van der Waals surface area contributed by atoms with Crippen molar-refractivity contribution >= 4 is 17.1 Å². The Morgan fingerprint density at radius 2 is 1.23 bits per heavy atom. The van der Waals surface area contributed by atoms with Crippen LogP contribution in [-0.4, -0.2) is 0 Å². The van der Waals surface area contributed by atoms with Crippen LogP contribution in [0.4, 0.5) is 17.1 Å². The molecule has 1 nitrogen and oxygen atoms in total. The maximum absolute atomic E-state index is 2.53. The first-order chi connectivity index (χ1) is 22.8. The van der Waals surface area contributed by atoms with Crippen molar-refractivity contribution < 1.29 is 0 Å². The van der Waals surface area contributed by atoms with E-state index in [-0.39, 0.29) is 16.2 Å². The second-order valence-electron chi connectivity index (χ2n) is 17.0.